The van der Waals surface area contributed by atoms with Gasteiger partial charge in [-0.1, -0.05) is 20.8 Å². The molecule has 3 atom stereocenters. The number of carboxylic acid groups (broad SMARTS) is 1. The number of benzene rings is 1. The van der Waals surface area contributed by atoms with E-state index in [-0.39, 0.29) is 5.56 Å². The first-order chi connectivity index (χ1) is 9.87. The Morgan fingerprint density at radius 1 is 0.905 bits per heavy atom. The molecule has 0 spiro atoms. The molecule has 0 saturated carbocycles. The molecular weight excluding hydrogens is 272 g/mol. The highest BCUT2D eigenvalue weighted by Crippen LogP contribution is 2.35. The summed E-state index contributed by atoms with van der Waals surface area (Å²) in [7, 11) is 0. The molecule has 21 heavy (non-hydrogen) atoms. The van der Waals surface area contributed by atoms with Gasteiger partial charge >= 0.3 is 5.97 Å². The van der Waals surface area contributed by atoms with E-state index in [1.807, 2.05) is 0 Å². The van der Waals surface area contributed by atoms with Gasteiger partial charge in [-0.3, -0.25) is 0 Å². The van der Waals surface area contributed by atoms with Gasteiger partial charge in [0.1, 0.15) is 0 Å². The molecule has 0 fully saturated rings. The zero-order valence-corrected chi connectivity index (χ0v) is 12.7. The standard InChI is InChI=1S/C16H24O5/c1-4-12(17)10-7-9(16(20)21)8-11(13(18)5-2)15(10)14(19)6-3/h7-8,12-14,17-19H,4-6H2,1-3H3,(H,20,21). The summed E-state index contributed by atoms with van der Waals surface area (Å²) in [4.78, 5) is 11.3. The van der Waals surface area contributed by atoms with Crippen molar-refractivity contribution in [2.45, 2.75) is 58.3 Å². The minimum absolute atomic E-state index is 0.00653. The summed E-state index contributed by atoms with van der Waals surface area (Å²) in [5, 5.41) is 39.8. The Hall–Kier alpha value is -1.43. The van der Waals surface area contributed by atoms with Crippen LogP contribution in [0, 0.1) is 0 Å². The molecule has 0 aliphatic carbocycles. The van der Waals surface area contributed by atoms with Crippen LogP contribution in [0.15, 0.2) is 12.1 Å². The summed E-state index contributed by atoms with van der Waals surface area (Å²) in [6.07, 6.45) is -1.38. The van der Waals surface area contributed by atoms with Gasteiger partial charge in [0.15, 0.2) is 0 Å². The fourth-order valence-corrected chi connectivity index (χ4v) is 2.40. The highest BCUT2D eigenvalue weighted by Gasteiger charge is 2.25. The van der Waals surface area contributed by atoms with Crippen LogP contribution in [0.4, 0.5) is 0 Å². The van der Waals surface area contributed by atoms with E-state index in [0.717, 1.165) is 0 Å². The summed E-state index contributed by atoms with van der Waals surface area (Å²) >= 11 is 0. The normalized spacial score (nSPS) is 15.5. The van der Waals surface area contributed by atoms with E-state index in [9.17, 15) is 25.2 Å². The van der Waals surface area contributed by atoms with Gasteiger partial charge in [-0.05, 0) is 48.1 Å². The molecule has 0 aromatic heterocycles. The largest absolute Gasteiger partial charge is 0.478 e. The lowest BCUT2D eigenvalue weighted by molar-refractivity contribution is 0.0695. The average molecular weight is 296 g/mol. The van der Waals surface area contributed by atoms with E-state index >= 15 is 0 Å². The Kier molecular flexibility index (Phi) is 6.33. The number of aromatic carboxylic acids is 1. The van der Waals surface area contributed by atoms with Crippen LogP contribution in [0.2, 0.25) is 0 Å². The van der Waals surface area contributed by atoms with Crippen LogP contribution in [0.5, 0.6) is 0 Å². The van der Waals surface area contributed by atoms with Gasteiger partial charge in [0.2, 0.25) is 0 Å². The molecule has 1 aromatic rings. The molecule has 1 aromatic carbocycles. The van der Waals surface area contributed by atoms with Crippen LogP contribution in [-0.2, 0) is 0 Å². The smallest absolute Gasteiger partial charge is 0.335 e. The molecule has 5 nitrogen and oxygen atoms in total. The van der Waals surface area contributed by atoms with Crippen LogP contribution >= 0.6 is 0 Å². The SMILES string of the molecule is CCC(O)c1cc(C(=O)O)cc(C(O)CC)c1C(O)CC. The van der Waals surface area contributed by atoms with Crippen molar-refractivity contribution in [3.8, 4) is 0 Å². The summed E-state index contributed by atoms with van der Waals surface area (Å²) in [5.41, 5.74) is 1.22. The van der Waals surface area contributed by atoms with Crippen LogP contribution < -0.4 is 0 Å². The van der Waals surface area contributed by atoms with E-state index in [4.69, 9.17) is 0 Å². The van der Waals surface area contributed by atoms with Crippen molar-refractivity contribution in [2.24, 2.45) is 0 Å². The molecule has 1 rings (SSSR count). The minimum atomic E-state index is -1.12. The lowest BCUT2D eigenvalue weighted by Gasteiger charge is -2.24. The van der Waals surface area contributed by atoms with Crippen molar-refractivity contribution in [1.29, 1.82) is 0 Å². The number of hydrogen-bond acceptors (Lipinski definition) is 4. The summed E-state index contributed by atoms with van der Waals surface area (Å²) < 4.78 is 0. The number of aliphatic hydroxyl groups excluding tert-OH is 3. The number of aliphatic hydroxyl groups is 3. The lowest BCUT2D eigenvalue weighted by Crippen LogP contribution is -2.14. The fraction of sp³-hybridized carbons (Fsp3) is 0.562. The maximum absolute atomic E-state index is 11.3. The second-order valence-corrected chi connectivity index (χ2v) is 5.15. The van der Waals surface area contributed by atoms with Gasteiger partial charge in [0.25, 0.3) is 0 Å². The van der Waals surface area contributed by atoms with Crippen LogP contribution in [-0.4, -0.2) is 26.4 Å². The van der Waals surface area contributed by atoms with Crippen LogP contribution in [0.25, 0.3) is 0 Å². The zero-order valence-electron chi connectivity index (χ0n) is 12.7. The summed E-state index contributed by atoms with van der Waals surface area (Å²) in [5.74, 6) is -1.12. The maximum Gasteiger partial charge on any atom is 0.335 e. The highest BCUT2D eigenvalue weighted by atomic mass is 16.4. The van der Waals surface area contributed by atoms with Crippen LogP contribution in [0.1, 0.15) is 85.4 Å². The Bertz CT molecular complexity index is 466. The summed E-state index contributed by atoms with van der Waals surface area (Å²) in [6, 6.07) is 2.77. The van der Waals surface area contributed by atoms with E-state index in [1.165, 1.54) is 12.1 Å². The first-order valence-electron chi connectivity index (χ1n) is 7.32. The van der Waals surface area contributed by atoms with Crippen LogP contribution in [0.3, 0.4) is 0 Å². The minimum Gasteiger partial charge on any atom is -0.478 e. The molecule has 0 aliphatic rings. The van der Waals surface area contributed by atoms with Crippen molar-refractivity contribution >= 4 is 5.97 Å². The van der Waals surface area contributed by atoms with E-state index in [2.05, 4.69) is 0 Å². The molecule has 0 saturated heterocycles. The van der Waals surface area contributed by atoms with Gasteiger partial charge in [-0.2, -0.15) is 0 Å². The second-order valence-electron chi connectivity index (χ2n) is 5.15. The quantitative estimate of drug-likeness (QED) is 0.620. The summed E-state index contributed by atoms with van der Waals surface area (Å²) in [6.45, 7) is 5.34. The monoisotopic (exact) mass is 296 g/mol. The average Bonchev–Trinajstić information content (AvgIpc) is 2.50. The number of carbonyl (C=O) groups is 1. The molecule has 118 valence electrons. The Morgan fingerprint density at radius 3 is 1.57 bits per heavy atom. The van der Waals surface area contributed by atoms with E-state index in [0.29, 0.717) is 36.0 Å². The third kappa shape index (κ3) is 3.81. The van der Waals surface area contributed by atoms with Gasteiger partial charge in [0.05, 0.1) is 23.9 Å². The molecule has 4 N–H and O–H groups in total. The fourth-order valence-electron chi connectivity index (χ4n) is 2.40. The lowest BCUT2D eigenvalue weighted by atomic mass is 9.86. The molecule has 0 aliphatic heterocycles. The van der Waals surface area contributed by atoms with E-state index in [1.54, 1.807) is 20.8 Å². The number of hydrogen-bond donors (Lipinski definition) is 4. The predicted molar refractivity (Wildman–Crippen MR) is 79.2 cm³/mol. The maximum atomic E-state index is 11.3. The molecule has 0 bridgehead atoms. The van der Waals surface area contributed by atoms with Crippen molar-refractivity contribution in [3.05, 3.63) is 34.4 Å². The third-order valence-electron chi connectivity index (χ3n) is 3.70. The Morgan fingerprint density at radius 2 is 1.29 bits per heavy atom. The molecular formula is C16H24O5. The van der Waals surface area contributed by atoms with Crippen molar-refractivity contribution in [3.63, 3.8) is 0 Å². The zero-order chi connectivity index (χ0) is 16.2. The Balaban J connectivity index is 3.63. The molecule has 3 unspecified atom stereocenters. The van der Waals surface area contributed by atoms with Gasteiger partial charge in [-0.25, -0.2) is 4.79 Å². The van der Waals surface area contributed by atoms with Crippen molar-refractivity contribution in [1.82, 2.24) is 0 Å². The van der Waals surface area contributed by atoms with Crippen molar-refractivity contribution < 1.29 is 25.2 Å². The highest BCUT2D eigenvalue weighted by molar-refractivity contribution is 5.88. The van der Waals surface area contributed by atoms with E-state index < -0.39 is 24.3 Å². The predicted octanol–water partition coefficient (Wildman–Crippen LogP) is 2.72. The number of rotatable bonds is 7. The molecule has 0 heterocycles. The van der Waals surface area contributed by atoms with Gasteiger partial charge in [0, 0.05) is 0 Å². The first kappa shape index (κ1) is 17.6. The molecule has 0 radical (unpaired) electrons. The second kappa shape index (κ2) is 7.54. The third-order valence-corrected chi connectivity index (χ3v) is 3.70. The van der Waals surface area contributed by atoms with Gasteiger partial charge in [-0.15, -0.1) is 0 Å². The Labute approximate surface area is 124 Å². The topological polar surface area (TPSA) is 98.0 Å². The molecule has 5 heteroatoms. The number of carboxylic acids is 1. The van der Waals surface area contributed by atoms with Gasteiger partial charge < -0.3 is 20.4 Å². The first-order valence-corrected chi connectivity index (χ1v) is 7.32. The van der Waals surface area contributed by atoms with Crippen molar-refractivity contribution in [2.75, 3.05) is 0 Å². The molecule has 0 amide bonds.